The molecule has 2 rings (SSSR count). The van der Waals surface area contributed by atoms with E-state index in [-0.39, 0.29) is 5.82 Å². The number of nitrogens with two attached hydrogens (primary N) is 1. The lowest BCUT2D eigenvalue weighted by Crippen LogP contribution is -2.42. The van der Waals surface area contributed by atoms with Crippen LogP contribution >= 0.6 is 11.8 Å². The van der Waals surface area contributed by atoms with Crippen LogP contribution in [0, 0.1) is 0 Å². The van der Waals surface area contributed by atoms with Crippen molar-refractivity contribution in [3.05, 3.63) is 22.7 Å². The smallest absolute Gasteiger partial charge is 0.351 e. The van der Waals surface area contributed by atoms with Gasteiger partial charge in [-0.25, -0.2) is 9.18 Å². The molecule has 0 aromatic carbocycles. The van der Waals surface area contributed by atoms with Crippen molar-refractivity contribution in [1.82, 2.24) is 9.55 Å². The number of aromatic nitrogens is 2. The lowest BCUT2D eigenvalue weighted by atomic mass is 10.1. The molecule has 0 saturated carbocycles. The lowest BCUT2D eigenvalue weighted by molar-refractivity contribution is -0.0708. The number of rotatable bonds is 3. The van der Waals surface area contributed by atoms with Crippen LogP contribution in [-0.4, -0.2) is 49.8 Å². The third-order valence-electron chi connectivity index (χ3n) is 3.04. The maximum atomic E-state index is 14.1. The van der Waals surface area contributed by atoms with Crippen molar-refractivity contribution >= 4 is 17.6 Å². The number of hydrogen-bond donors (Lipinski definition) is 3. The van der Waals surface area contributed by atoms with Crippen molar-refractivity contribution in [2.45, 2.75) is 23.4 Å². The first kappa shape index (κ1) is 14.3. The Bertz CT molecular complexity index is 522. The fourth-order valence-electron chi connectivity index (χ4n) is 1.93. The molecule has 0 spiro atoms. The number of halogens is 1. The van der Waals surface area contributed by atoms with Gasteiger partial charge in [0.25, 0.3) is 0 Å². The maximum absolute atomic E-state index is 14.1. The number of nitrogen functional groups attached to an aromatic ring is 1. The number of aliphatic hydroxyl groups is 2. The minimum Gasteiger partial charge on any atom is -0.392 e. The van der Waals surface area contributed by atoms with Gasteiger partial charge in [-0.3, -0.25) is 4.57 Å². The number of nitrogens with zero attached hydrogens (tertiary/aromatic N) is 2. The highest BCUT2D eigenvalue weighted by atomic mass is 32.2. The van der Waals surface area contributed by atoms with Crippen molar-refractivity contribution in [2.75, 3.05) is 18.6 Å². The van der Waals surface area contributed by atoms with Crippen molar-refractivity contribution in [3.63, 3.8) is 0 Å². The second-order valence-electron chi connectivity index (χ2n) is 4.11. The van der Waals surface area contributed by atoms with Gasteiger partial charge in [0.2, 0.25) is 0 Å². The Morgan fingerprint density at radius 1 is 1.74 bits per heavy atom. The normalized spacial score (nSPS) is 34.6. The van der Waals surface area contributed by atoms with Gasteiger partial charge in [-0.2, -0.15) is 4.98 Å². The molecule has 7 nitrogen and oxygen atoms in total. The molecule has 0 bridgehead atoms. The van der Waals surface area contributed by atoms with Crippen LogP contribution in [0.5, 0.6) is 0 Å². The molecule has 1 fully saturated rings. The average molecular weight is 291 g/mol. The summed E-state index contributed by atoms with van der Waals surface area (Å²) < 4.78 is 20.3. The molecule has 1 aliphatic rings. The summed E-state index contributed by atoms with van der Waals surface area (Å²) in [6.07, 6.45) is -1.96. The van der Waals surface area contributed by atoms with Gasteiger partial charge in [0.1, 0.15) is 11.9 Å². The molecule has 1 aromatic heterocycles. The molecule has 1 aromatic rings. The van der Waals surface area contributed by atoms with Crippen molar-refractivity contribution in [1.29, 1.82) is 0 Å². The van der Waals surface area contributed by atoms with Gasteiger partial charge in [0, 0.05) is 6.20 Å². The van der Waals surface area contributed by atoms with Crippen LogP contribution in [0.2, 0.25) is 0 Å². The van der Waals surface area contributed by atoms with E-state index >= 15 is 0 Å². The van der Waals surface area contributed by atoms with Crippen LogP contribution in [-0.2, 0) is 4.74 Å². The molecular weight excluding hydrogens is 277 g/mol. The third-order valence-corrected chi connectivity index (χ3v) is 4.19. The average Bonchev–Trinajstić information content (AvgIpc) is 2.64. The highest BCUT2D eigenvalue weighted by Crippen LogP contribution is 2.43. The van der Waals surface area contributed by atoms with Crippen LogP contribution in [0.3, 0.4) is 0 Å². The van der Waals surface area contributed by atoms with E-state index in [1.165, 1.54) is 12.3 Å². The quantitative estimate of drug-likeness (QED) is 0.662. The fourth-order valence-corrected chi connectivity index (χ4v) is 2.63. The summed E-state index contributed by atoms with van der Waals surface area (Å²) >= 11 is 0.976. The molecule has 4 N–H and O–H groups in total. The van der Waals surface area contributed by atoms with Gasteiger partial charge < -0.3 is 20.7 Å². The van der Waals surface area contributed by atoms with E-state index in [9.17, 15) is 19.4 Å². The minimum atomic E-state index is -1.86. The predicted molar refractivity (Wildman–Crippen MR) is 67.3 cm³/mol. The zero-order valence-electron chi connectivity index (χ0n) is 10.1. The second-order valence-corrected chi connectivity index (χ2v) is 5.21. The third kappa shape index (κ3) is 2.22. The predicted octanol–water partition coefficient (Wildman–Crippen LogP) is -0.895. The molecule has 9 heteroatoms. The monoisotopic (exact) mass is 291 g/mol. The Morgan fingerprint density at radius 3 is 2.89 bits per heavy atom. The SMILES string of the molecule is CS[C@]1(CO)O[C@@H](n2ccc(N)nc2=O)[C@H](F)[C@@H]1O. The summed E-state index contributed by atoms with van der Waals surface area (Å²) in [6, 6.07) is 1.32. The second kappa shape index (κ2) is 5.08. The first-order valence-corrected chi connectivity index (χ1v) is 6.68. The molecule has 19 heavy (non-hydrogen) atoms. The van der Waals surface area contributed by atoms with E-state index in [1.807, 2.05) is 0 Å². The summed E-state index contributed by atoms with van der Waals surface area (Å²) in [5.41, 5.74) is 4.56. The summed E-state index contributed by atoms with van der Waals surface area (Å²) in [4.78, 5) is 13.6. The Hall–Kier alpha value is -1.16. The van der Waals surface area contributed by atoms with Crippen LogP contribution in [0.25, 0.3) is 0 Å². The Labute approximate surface area is 112 Å². The zero-order chi connectivity index (χ0) is 14.2. The van der Waals surface area contributed by atoms with Gasteiger partial charge >= 0.3 is 5.69 Å². The number of ether oxygens (including phenoxy) is 1. The number of anilines is 1. The van der Waals surface area contributed by atoms with Gasteiger partial charge in [0.05, 0.1) is 6.61 Å². The first-order valence-electron chi connectivity index (χ1n) is 5.46. The number of aliphatic hydroxyl groups excluding tert-OH is 2. The molecule has 0 aliphatic carbocycles. The van der Waals surface area contributed by atoms with Gasteiger partial charge in [-0.1, -0.05) is 0 Å². The van der Waals surface area contributed by atoms with Crippen LogP contribution in [0.4, 0.5) is 10.2 Å². The van der Waals surface area contributed by atoms with E-state index in [2.05, 4.69) is 4.98 Å². The lowest BCUT2D eigenvalue weighted by Gasteiger charge is -2.27. The molecular formula is C10H14FN3O4S. The number of alkyl halides is 1. The molecule has 0 unspecified atom stereocenters. The molecule has 0 amide bonds. The zero-order valence-corrected chi connectivity index (χ0v) is 10.9. The first-order chi connectivity index (χ1) is 8.95. The number of hydrogen-bond acceptors (Lipinski definition) is 7. The molecule has 1 saturated heterocycles. The summed E-state index contributed by atoms with van der Waals surface area (Å²) in [6.45, 7) is -0.580. The van der Waals surface area contributed by atoms with E-state index in [1.54, 1.807) is 6.26 Å². The Balaban J connectivity index is 2.39. The van der Waals surface area contributed by atoms with Crippen molar-refractivity contribution in [3.8, 4) is 0 Å². The van der Waals surface area contributed by atoms with Crippen molar-refractivity contribution in [2.24, 2.45) is 0 Å². The maximum Gasteiger partial charge on any atom is 0.351 e. The van der Waals surface area contributed by atoms with E-state index in [0.717, 1.165) is 16.3 Å². The topological polar surface area (TPSA) is 111 Å². The highest BCUT2D eigenvalue weighted by molar-refractivity contribution is 7.99. The van der Waals surface area contributed by atoms with E-state index in [4.69, 9.17) is 10.5 Å². The van der Waals surface area contributed by atoms with Gasteiger partial charge in [-0.05, 0) is 12.3 Å². The standard InChI is InChI=1S/C10H14FN3O4S/c1-19-10(4-15)7(16)6(11)8(18-10)14-3-2-5(12)13-9(14)17/h2-3,6-8,15-16H,4H2,1H3,(H2,12,13,17)/t6-,7+,8-,10+/m1/s1. The van der Waals surface area contributed by atoms with E-state index in [0.29, 0.717) is 0 Å². The Kier molecular flexibility index (Phi) is 3.81. The minimum absolute atomic E-state index is 0.00786. The summed E-state index contributed by atoms with van der Waals surface area (Å²) in [5, 5.41) is 19.1. The highest BCUT2D eigenvalue weighted by Gasteiger charge is 2.55. The molecule has 2 heterocycles. The van der Waals surface area contributed by atoms with Crippen LogP contribution < -0.4 is 11.4 Å². The molecule has 0 radical (unpaired) electrons. The van der Waals surface area contributed by atoms with Crippen LogP contribution in [0.15, 0.2) is 17.1 Å². The molecule has 4 atom stereocenters. The molecule has 106 valence electrons. The Morgan fingerprint density at radius 2 is 2.42 bits per heavy atom. The van der Waals surface area contributed by atoms with Crippen molar-refractivity contribution < 1.29 is 19.3 Å². The fraction of sp³-hybridized carbons (Fsp3) is 0.600. The van der Waals surface area contributed by atoms with Gasteiger partial charge in [-0.15, -0.1) is 11.8 Å². The van der Waals surface area contributed by atoms with Gasteiger partial charge in [0.15, 0.2) is 17.3 Å². The summed E-state index contributed by atoms with van der Waals surface area (Å²) in [7, 11) is 0. The number of thioether (sulfide) groups is 1. The largest absolute Gasteiger partial charge is 0.392 e. The molecule has 1 aliphatic heterocycles. The summed E-state index contributed by atoms with van der Waals surface area (Å²) in [5.74, 6) is 0.00786. The van der Waals surface area contributed by atoms with E-state index < -0.39 is 35.7 Å². The van der Waals surface area contributed by atoms with Crippen LogP contribution in [0.1, 0.15) is 6.23 Å².